The van der Waals surface area contributed by atoms with E-state index in [0.29, 0.717) is 10.5 Å². The highest BCUT2D eigenvalue weighted by atomic mass is 16.6. The monoisotopic (exact) mass is 427 g/mol. The molecule has 0 aromatic heterocycles. The third-order valence-corrected chi connectivity index (χ3v) is 4.36. The highest BCUT2D eigenvalue weighted by Crippen LogP contribution is 2.09. The van der Waals surface area contributed by atoms with Gasteiger partial charge in [0, 0.05) is 0 Å². The summed E-state index contributed by atoms with van der Waals surface area (Å²) in [5, 5.41) is 2.34. The standard InChI is InChI=1S/C22H25N3O6/c1-15(24-21(28)30-13-17-9-5-3-6-10-17)20(27)25(16(2)19(23)26)22(29)31-14-18-11-7-4-8-12-18/h3-12,15-16H,13-14H2,1-2H3,(H2,23,26)(H,24,28)/t15-,16?/m0/s1. The van der Waals surface area contributed by atoms with E-state index in [2.05, 4.69) is 5.32 Å². The summed E-state index contributed by atoms with van der Waals surface area (Å²) in [6.07, 6.45) is -1.90. The molecular formula is C22H25N3O6. The topological polar surface area (TPSA) is 128 Å². The van der Waals surface area contributed by atoms with E-state index in [-0.39, 0.29) is 13.2 Å². The lowest BCUT2D eigenvalue weighted by Crippen LogP contribution is -2.55. The van der Waals surface area contributed by atoms with Gasteiger partial charge in [-0.2, -0.15) is 0 Å². The van der Waals surface area contributed by atoms with Gasteiger partial charge < -0.3 is 20.5 Å². The molecule has 0 spiro atoms. The van der Waals surface area contributed by atoms with Crippen molar-refractivity contribution in [2.24, 2.45) is 5.73 Å². The number of hydrogen-bond acceptors (Lipinski definition) is 6. The lowest BCUT2D eigenvalue weighted by Gasteiger charge is -2.27. The van der Waals surface area contributed by atoms with Gasteiger partial charge in [-0.3, -0.25) is 9.59 Å². The summed E-state index contributed by atoms with van der Waals surface area (Å²) in [7, 11) is 0. The summed E-state index contributed by atoms with van der Waals surface area (Å²) in [5.74, 6) is -1.76. The molecule has 0 heterocycles. The van der Waals surface area contributed by atoms with Crippen LogP contribution in [0.4, 0.5) is 9.59 Å². The first-order valence-corrected chi connectivity index (χ1v) is 9.60. The van der Waals surface area contributed by atoms with Crippen molar-refractivity contribution in [1.29, 1.82) is 0 Å². The number of nitrogens with two attached hydrogens (primary N) is 1. The Kier molecular flexibility index (Phi) is 8.56. The quantitative estimate of drug-likeness (QED) is 0.665. The Morgan fingerprint density at radius 1 is 0.871 bits per heavy atom. The van der Waals surface area contributed by atoms with Gasteiger partial charge in [0.15, 0.2) is 0 Å². The Hall–Kier alpha value is -3.88. The van der Waals surface area contributed by atoms with Gasteiger partial charge in [0.25, 0.3) is 5.91 Å². The molecule has 0 aliphatic heterocycles. The molecule has 1 unspecified atom stereocenters. The number of benzene rings is 2. The number of alkyl carbamates (subject to hydrolysis) is 1. The number of nitrogens with one attached hydrogen (secondary N) is 1. The lowest BCUT2D eigenvalue weighted by molar-refractivity contribution is -0.138. The molecule has 9 heteroatoms. The molecule has 2 aromatic carbocycles. The van der Waals surface area contributed by atoms with E-state index in [9.17, 15) is 19.2 Å². The van der Waals surface area contributed by atoms with E-state index in [1.54, 1.807) is 54.6 Å². The highest BCUT2D eigenvalue weighted by molar-refractivity contribution is 6.00. The zero-order valence-corrected chi connectivity index (χ0v) is 17.3. The maximum Gasteiger partial charge on any atom is 0.417 e. The molecule has 31 heavy (non-hydrogen) atoms. The zero-order valence-electron chi connectivity index (χ0n) is 17.3. The molecule has 0 aliphatic rings. The van der Waals surface area contributed by atoms with Gasteiger partial charge in [-0.1, -0.05) is 60.7 Å². The fraction of sp³-hybridized carbons (Fsp3) is 0.273. The first-order valence-electron chi connectivity index (χ1n) is 9.60. The van der Waals surface area contributed by atoms with Gasteiger partial charge in [-0.05, 0) is 25.0 Å². The maximum atomic E-state index is 12.8. The average Bonchev–Trinajstić information content (AvgIpc) is 2.77. The Bertz CT molecular complexity index is 904. The van der Waals surface area contributed by atoms with Crippen molar-refractivity contribution in [2.75, 3.05) is 0 Å². The number of carbonyl (C=O) groups excluding carboxylic acids is 4. The van der Waals surface area contributed by atoms with Crippen molar-refractivity contribution in [1.82, 2.24) is 10.2 Å². The van der Waals surface area contributed by atoms with Gasteiger partial charge in [-0.25, -0.2) is 14.5 Å². The molecule has 4 amide bonds. The van der Waals surface area contributed by atoms with Crippen LogP contribution in [0, 0.1) is 0 Å². The van der Waals surface area contributed by atoms with E-state index < -0.39 is 36.1 Å². The van der Waals surface area contributed by atoms with Crippen LogP contribution in [0.3, 0.4) is 0 Å². The summed E-state index contributed by atoms with van der Waals surface area (Å²) >= 11 is 0. The second kappa shape index (κ2) is 11.3. The molecule has 164 valence electrons. The van der Waals surface area contributed by atoms with Crippen molar-refractivity contribution in [3.05, 3.63) is 71.8 Å². The minimum Gasteiger partial charge on any atom is -0.445 e. The van der Waals surface area contributed by atoms with E-state index in [4.69, 9.17) is 15.2 Å². The predicted molar refractivity (Wildman–Crippen MR) is 111 cm³/mol. The normalized spacial score (nSPS) is 12.2. The van der Waals surface area contributed by atoms with Gasteiger partial charge in [0.2, 0.25) is 5.91 Å². The van der Waals surface area contributed by atoms with Crippen molar-refractivity contribution < 1.29 is 28.7 Å². The Morgan fingerprint density at radius 2 is 1.35 bits per heavy atom. The first kappa shape index (κ1) is 23.4. The van der Waals surface area contributed by atoms with Crippen LogP contribution in [-0.4, -0.2) is 41.0 Å². The van der Waals surface area contributed by atoms with Crippen LogP contribution < -0.4 is 11.1 Å². The molecule has 0 fully saturated rings. The van der Waals surface area contributed by atoms with Crippen LogP contribution in [-0.2, 0) is 32.3 Å². The van der Waals surface area contributed by atoms with Gasteiger partial charge in [-0.15, -0.1) is 0 Å². The fourth-order valence-corrected chi connectivity index (χ4v) is 2.57. The van der Waals surface area contributed by atoms with Gasteiger partial charge in [0.1, 0.15) is 25.3 Å². The predicted octanol–water partition coefficient (Wildman–Crippen LogP) is 2.34. The number of imide groups is 1. The van der Waals surface area contributed by atoms with Crippen LogP contribution in [0.5, 0.6) is 0 Å². The number of primary amides is 1. The smallest absolute Gasteiger partial charge is 0.417 e. The lowest BCUT2D eigenvalue weighted by atomic mass is 10.2. The van der Waals surface area contributed by atoms with Crippen LogP contribution in [0.1, 0.15) is 25.0 Å². The van der Waals surface area contributed by atoms with Crippen LogP contribution in [0.2, 0.25) is 0 Å². The Morgan fingerprint density at radius 3 is 1.84 bits per heavy atom. The summed E-state index contributed by atoms with van der Waals surface area (Å²) in [5.41, 5.74) is 6.75. The van der Waals surface area contributed by atoms with E-state index in [0.717, 1.165) is 5.56 Å². The summed E-state index contributed by atoms with van der Waals surface area (Å²) in [6.45, 7) is 2.56. The van der Waals surface area contributed by atoms with Crippen molar-refractivity contribution in [3.63, 3.8) is 0 Å². The number of carbonyl (C=O) groups is 4. The van der Waals surface area contributed by atoms with Crippen molar-refractivity contribution in [2.45, 2.75) is 39.1 Å². The molecule has 0 aliphatic carbocycles. The molecule has 2 aromatic rings. The highest BCUT2D eigenvalue weighted by Gasteiger charge is 2.35. The Labute approximate surface area is 180 Å². The third kappa shape index (κ3) is 7.14. The molecule has 0 saturated heterocycles. The fourth-order valence-electron chi connectivity index (χ4n) is 2.57. The number of ether oxygens (including phenoxy) is 2. The second-order valence-corrected chi connectivity index (χ2v) is 6.75. The van der Waals surface area contributed by atoms with E-state index in [1.807, 2.05) is 6.07 Å². The average molecular weight is 427 g/mol. The number of amides is 4. The molecule has 2 atom stereocenters. The molecule has 0 bridgehead atoms. The minimum atomic E-state index is -1.28. The largest absolute Gasteiger partial charge is 0.445 e. The van der Waals surface area contributed by atoms with Gasteiger partial charge in [0.05, 0.1) is 0 Å². The minimum absolute atomic E-state index is 0.00804. The third-order valence-electron chi connectivity index (χ3n) is 4.36. The van der Waals surface area contributed by atoms with Crippen LogP contribution in [0.25, 0.3) is 0 Å². The summed E-state index contributed by atoms with van der Waals surface area (Å²) in [4.78, 5) is 49.6. The van der Waals surface area contributed by atoms with Crippen molar-refractivity contribution in [3.8, 4) is 0 Å². The van der Waals surface area contributed by atoms with Gasteiger partial charge >= 0.3 is 12.2 Å². The first-order chi connectivity index (χ1) is 14.8. The molecule has 3 N–H and O–H groups in total. The molecular weight excluding hydrogens is 402 g/mol. The van der Waals surface area contributed by atoms with Crippen LogP contribution in [0.15, 0.2) is 60.7 Å². The maximum absolute atomic E-state index is 12.8. The molecule has 2 rings (SSSR count). The molecule has 9 nitrogen and oxygen atoms in total. The number of nitrogens with zero attached hydrogens (tertiary/aromatic N) is 1. The van der Waals surface area contributed by atoms with Crippen molar-refractivity contribution >= 4 is 24.0 Å². The van der Waals surface area contributed by atoms with E-state index in [1.165, 1.54) is 13.8 Å². The Balaban J connectivity index is 1.99. The zero-order chi connectivity index (χ0) is 22.8. The summed E-state index contributed by atoms with van der Waals surface area (Å²) < 4.78 is 10.2. The number of rotatable bonds is 8. The second-order valence-electron chi connectivity index (χ2n) is 6.75. The SMILES string of the molecule is CC(C(N)=O)N(C(=O)OCc1ccccc1)C(=O)[C@H](C)NC(=O)OCc1ccccc1. The summed E-state index contributed by atoms with van der Waals surface area (Å²) in [6, 6.07) is 15.4. The molecule has 0 saturated carbocycles. The van der Waals surface area contributed by atoms with E-state index >= 15 is 0 Å². The molecule has 0 radical (unpaired) electrons. The van der Waals surface area contributed by atoms with Crippen LogP contribution >= 0.6 is 0 Å². The number of hydrogen-bond donors (Lipinski definition) is 2.